The molecule has 0 amide bonds. The van der Waals surface area contributed by atoms with Crippen LogP contribution in [0.5, 0.6) is 28.7 Å². The summed E-state index contributed by atoms with van der Waals surface area (Å²) in [5, 5.41) is 16.4. The summed E-state index contributed by atoms with van der Waals surface area (Å²) in [5.74, 6) is 1.99. The van der Waals surface area contributed by atoms with E-state index in [2.05, 4.69) is 0 Å². The molecule has 2 aliphatic rings. The number of methoxy groups -OCH3 is 4. The van der Waals surface area contributed by atoms with Crippen LogP contribution < -0.4 is 28.7 Å². The Kier molecular flexibility index (Phi) is 7.06. The minimum absolute atomic E-state index is 0.197. The summed E-state index contributed by atoms with van der Waals surface area (Å²) in [5.41, 5.74) is 3.84. The van der Waals surface area contributed by atoms with Gasteiger partial charge in [-0.15, -0.1) is 0 Å². The summed E-state index contributed by atoms with van der Waals surface area (Å²) in [6.07, 6.45) is 4.56. The van der Waals surface area contributed by atoms with Gasteiger partial charge >= 0.3 is 5.97 Å². The van der Waals surface area contributed by atoms with Crippen LogP contribution in [0.4, 0.5) is 5.69 Å². The van der Waals surface area contributed by atoms with Gasteiger partial charge in [0.05, 0.1) is 57.0 Å². The third-order valence-electron chi connectivity index (χ3n) is 7.06. The molecule has 1 atom stereocenters. The Morgan fingerprint density at radius 3 is 2.17 bits per heavy atom. The smallest absolute Gasteiger partial charge is 0.335 e. The molecule has 208 valence electrons. The van der Waals surface area contributed by atoms with Crippen LogP contribution in [0.15, 0.2) is 59.7 Å². The number of hydrogen-bond donors (Lipinski definition) is 1. The Bertz CT molecular complexity index is 1480. The van der Waals surface area contributed by atoms with Crippen LogP contribution in [0.2, 0.25) is 0 Å². The summed E-state index contributed by atoms with van der Waals surface area (Å²) in [7, 11) is 6.36. The highest BCUT2D eigenvalue weighted by atomic mass is 16.5. The van der Waals surface area contributed by atoms with Gasteiger partial charge in [-0.05, 0) is 80.1 Å². The van der Waals surface area contributed by atoms with E-state index in [0.717, 1.165) is 28.1 Å². The number of fused-ring (bicyclic) bond motifs is 1. The maximum atomic E-state index is 11.5. The Labute approximate surface area is 233 Å². The summed E-state index contributed by atoms with van der Waals surface area (Å²) in [4.78, 5) is 11.5. The first-order chi connectivity index (χ1) is 19.2. The second-order valence-corrected chi connectivity index (χ2v) is 10.0. The van der Waals surface area contributed by atoms with Gasteiger partial charge in [-0.2, -0.15) is 5.10 Å². The molecule has 0 aliphatic carbocycles. The van der Waals surface area contributed by atoms with Crippen molar-refractivity contribution >= 4 is 23.4 Å². The van der Waals surface area contributed by atoms with E-state index in [-0.39, 0.29) is 11.6 Å². The lowest BCUT2D eigenvalue weighted by molar-refractivity contribution is 0.0697. The number of hydrazone groups is 1. The quantitative estimate of drug-likeness (QED) is 0.371. The van der Waals surface area contributed by atoms with E-state index < -0.39 is 11.6 Å². The summed E-state index contributed by atoms with van der Waals surface area (Å²) in [6.45, 7) is 4.00. The van der Waals surface area contributed by atoms with Crippen molar-refractivity contribution in [3.8, 4) is 28.7 Å². The number of aromatic carboxylic acids is 1. The van der Waals surface area contributed by atoms with Crippen molar-refractivity contribution in [3.63, 3.8) is 0 Å². The lowest BCUT2D eigenvalue weighted by atomic mass is 9.93. The van der Waals surface area contributed by atoms with E-state index >= 15 is 0 Å². The molecule has 2 aliphatic heterocycles. The number of anilines is 1. The molecule has 1 unspecified atom stereocenters. The van der Waals surface area contributed by atoms with Crippen molar-refractivity contribution in [3.05, 3.63) is 76.9 Å². The molecule has 40 heavy (non-hydrogen) atoms. The minimum atomic E-state index is -0.990. The topological polar surface area (TPSA) is 99.1 Å². The summed E-state index contributed by atoms with van der Waals surface area (Å²) >= 11 is 0. The van der Waals surface area contributed by atoms with Crippen molar-refractivity contribution in [1.82, 2.24) is 0 Å². The normalized spacial score (nSPS) is 17.0. The van der Waals surface area contributed by atoms with Crippen molar-refractivity contribution in [2.75, 3.05) is 33.4 Å². The van der Waals surface area contributed by atoms with Gasteiger partial charge < -0.3 is 28.8 Å². The molecular formula is C31H32N2O7. The molecule has 3 aromatic rings. The molecule has 1 N–H and O–H groups in total. The Morgan fingerprint density at radius 2 is 1.60 bits per heavy atom. The number of ether oxygens (including phenoxy) is 5. The highest BCUT2D eigenvalue weighted by molar-refractivity contribution is 6.06. The van der Waals surface area contributed by atoms with E-state index in [1.807, 2.05) is 55.3 Å². The molecule has 0 saturated heterocycles. The molecule has 0 bridgehead atoms. The second-order valence-electron chi connectivity index (χ2n) is 10.0. The minimum Gasteiger partial charge on any atom is -0.496 e. The van der Waals surface area contributed by atoms with Gasteiger partial charge in [0.15, 0.2) is 11.5 Å². The number of nitrogens with zero attached hydrogens (tertiary/aromatic N) is 2. The molecule has 0 aromatic heterocycles. The first-order valence-electron chi connectivity index (χ1n) is 12.8. The van der Waals surface area contributed by atoms with Crippen LogP contribution in [0.25, 0.3) is 6.08 Å². The number of carboxylic acids is 1. The molecule has 5 rings (SSSR count). The zero-order valence-corrected chi connectivity index (χ0v) is 23.3. The number of carboxylic acid groups (broad SMARTS) is 1. The van der Waals surface area contributed by atoms with Crippen LogP contribution in [0, 0.1) is 0 Å². The van der Waals surface area contributed by atoms with E-state index in [4.69, 9.17) is 28.8 Å². The average Bonchev–Trinajstić information content (AvgIpc) is 3.40. The van der Waals surface area contributed by atoms with Gasteiger partial charge in [0, 0.05) is 12.0 Å². The fraction of sp³-hybridized carbons (Fsp3) is 0.290. The van der Waals surface area contributed by atoms with Crippen LogP contribution in [0.3, 0.4) is 0 Å². The summed E-state index contributed by atoms with van der Waals surface area (Å²) < 4.78 is 28.8. The van der Waals surface area contributed by atoms with E-state index in [1.165, 1.54) is 0 Å². The molecule has 2 heterocycles. The van der Waals surface area contributed by atoms with E-state index in [1.54, 1.807) is 52.7 Å². The molecule has 9 heteroatoms. The van der Waals surface area contributed by atoms with Gasteiger partial charge in [-0.1, -0.05) is 0 Å². The second kappa shape index (κ2) is 10.5. The molecule has 0 fully saturated rings. The number of carbonyl (C=O) groups is 1. The van der Waals surface area contributed by atoms with Crippen molar-refractivity contribution in [1.29, 1.82) is 0 Å². The third kappa shape index (κ3) is 4.79. The number of rotatable bonds is 8. The monoisotopic (exact) mass is 544 g/mol. The first kappa shape index (κ1) is 26.9. The molecule has 0 spiro atoms. The van der Waals surface area contributed by atoms with Crippen LogP contribution in [-0.2, 0) is 0 Å². The average molecular weight is 545 g/mol. The van der Waals surface area contributed by atoms with Crippen molar-refractivity contribution < 1.29 is 33.6 Å². The van der Waals surface area contributed by atoms with Crippen molar-refractivity contribution in [2.45, 2.75) is 31.9 Å². The highest BCUT2D eigenvalue weighted by Crippen LogP contribution is 2.46. The fourth-order valence-electron chi connectivity index (χ4n) is 5.06. The largest absolute Gasteiger partial charge is 0.496 e. The predicted octanol–water partition coefficient (Wildman–Crippen LogP) is 5.96. The molecule has 0 radical (unpaired) electrons. The Hall–Kier alpha value is -4.66. The number of benzene rings is 3. The molecule has 9 nitrogen and oxygen atoms in total. The SMILES string of the molecule is COc1ccc(C2=NN(c3ccc(C(=O)O)cc3)C(c3cc(OC)c(OC)c(OC)c3)C2)c2c1C=CC(C)(C)O2. The van der Waals surface area contributed by atoms with Crippen molar-refractivity contribution in [2.24, 2.45) is 5.10 Å². The first-order valence-corrected chi connectivity index (χ1v) is 12.8. The molecule has 0 saturated carbocycles. The van der Waals surface area contributed by atoms with Crippen LogP contribution >= 0.6 is 0 Å². The van der Waals surface area contributed by atoms with Gasteiger partial charge in [0.1, 0.15) is 17.1 Å². The predicted molar refractivity (Wildman–Crippen MR) is 153 cm³/mol. The fourth-order valence-corrected chi connectivity index (χ4v) is 5.06. The van der Waals surface area contributed by atoms with Gasteiger partial charge in [-0.3, -0.25) is 5.01 Å². The molecule has 3 aromatic carbocycles. The third-order valence-corrected chi connectivity index (χ3v) is 7.06. The standard InChI is InChI=1S/C31H32N2O7/c1-31(2)14-13-22-25(36-3)12-11-21(28(22)40-31)23-17-24(19-15-26(37-4)29(39-6)27(16-19)38-5)33(32-23)20-9-7-18(8-10-20)30(34)35/h7-16,24H,17H2,1-6H3,(H,34,35). The maximum absolute atomic E-state index is 11.5. The van der Waals surface area contributed by atoms with Crippen LogP contribution in [0.1, 0.15) is 53.4 Å². The van der Waals surface area contributed by atoms with Crippen LogP contribution in [-0.4, -0.2) is 50.8 Å². The van der Waals surface area contributed by atoms with E-state index in [0.29, 0.717) is 35.2 Å². The molecular weight excluding hydrogens is 512 g/mol. The summed E-state index contributed by atoms with van der Waals surface area (Å²) in [6, 6.07) is 14.1. The Balaban J connectivity index is 1.65. The van der Waals surface area contributed by atoms with Gasteiger partial charge in [0.2, 0.25) is 5.75 Å². The maximum Gasteiger partial charge on any atom is 0.335 e. The zero-order valence-electron chi connectivity index (χ0n) is 23.3. The lowest BCUT2D eigenvalue weighted by Crippen LogP contribution is -2.28. The van der Waals surface area contributed by atoms with Gasteiger partial charge in [-0.25, -0.2) is 4.79 Å². The Morgan fingerprint density at radius 1 is 0.950 bits per heavy atom. The number of hydrogen-bond acceptors (Lipinski definition) is 8. The van der Waals surface area contributed by atoms with E-state index in [9.17, 15) is 9.90 Å². The lowest BCUT2D eigenvalue weighted by Gasteiger charge is -2.30. The highest BCUT2D eigenvalue weighted by Gasteiger charge is 2.35. The zero-order chi connectivity index (χ0) is 28.6. The van der Waals surface area contributed by atoms with Gasteiger partial charge in [0.25, 0.3) is 0 Å².